The summed E-state index contributed by atoms with van der Waals surface area (Å²) in [6.07, 6.45) is 0. The van der Waals surface area contributed by atoms with Crippen molar-refractivity contribution in [1.29, 1.82) is 0 Å². The molecule has 0 aliphatic rings. The van der Waals surface area contributed by atoms with E-state index in [2.05, 4.69) is 71.9 Å². The topological polar surface area (TPSA) is 0 Å². The molecule has 0 bridgehead atoms. The van der Waals surface area contributed by atoms with Crippen molar-refractivity contribution in [2.75, 3.05) is 0 Å². The van der Waals surface area contributed by atoms with Gasteiger partial charge >= 0.3 is 71.9 Å². The van der Waals surface area contributed by atoms with Crippen LogP contribution in [0, 0.1) is 0 Å². The summed E-state index contributed by atoms with van der Waals surface area (Å²) >= 11 is 7.50. The summed E-state index contributed by atoms with van der Waals surface area (Å²) in [4.78, 5) is 0. The van der Waals surface area contributed by atoms with Crippen LogP contribution in [0.25, 0.3) is 0 Å². The molecule has 0 aromatic heterocycles. The summed E-state index contributed by atoms with van der Waals surface area (Å²) in [5, 5.41) is 0. The summed E-state index contributed by atoms with van der Waals surface area (Å²) in [6, 6.07) is 0. The van der Waals surface area contributed by atoms with E-state index >= 15 is 0 Å². The van der Waals surface area contributed by atoms with Crippen molar-refractivity contribution in [3.8, 4) is 0 Å². The van der Waals surface area contributed by atoms with Crippen LogP contribution < -0.4 is 0 Å². The fraction of sp³-hybridized carbons (Fsp3) is 0. The number of hydrogen-bond donors (Lipinski definition) is 0. The number of rotatable bonds is 0. The molecular formula is CfI3. The minimum absolute atomic E-state index is 0.530. The first kappa shape index (κ1) is 5.19. The third kappa shape index (κ3) is 10.8. The average molecular weight is 632 g/mol. The first-order valence-corrected chi connectivity index (χ1v) is 22.4. The van der Waals surface area contributed by atoms with E-state index in [1.165, 1.54) is 0 Å². The molecule has 0 atom stereocenters. The Morgan fingerprint density at radius 3 is 1.00 bits per heavy atom. The second-order valence-corrected chi connectivity index (χ2v) is 56.9. The second kappa shape index (κ2) is 2.43. The van der Waals surface area contributed by atoms with Gasteiger partial charge in [0.05, 0.1) is 0 Å². The van der Waals surface area contributed by atoms with E-state index in [-0.39, 0.29) is 0 Å². The molecule has 0 rings (SSSR count). The monoisotopic (exact) mass is 630 g/mol. The zero-order chi connectivity index (χ0) is 3.58. The molecule has 31 valence electrons. The van der Waals surface area contributed by atoms with E-state index in [4.69, 9.17) is 0 Å². The van der Waals surface area contributed by atoms with Crippen molar-refractivity contribution in [3.05, 3.63) is 0 Å². The van der Waals surface area contributed by atoms with Gasteiger partial charge in [-0.05, 0) is 0 Å². The van der Waals surface area contributed by atoms with Crippen LogP contribution in [0.1, 0.15) is 0 Å². The fourth-order valence-electron chi connectivity index (χ4n) is 0. The summed E-state index contributed by atoms with van der Waals surface area (Å²) in [7, 11) is 0. The van der Waals surface area contributed by atoms with Gasteiger partial charge in [0, 0.05) is 0 Å². The predicted molar refractivity (Wildman–Crippen MR) is 42.1 cm³/mol. The molecule has 0 unspecified atom stereocenters. The average Bonchev–Trinajstić information content (AvgIpc) is 0.811. The number of hydrogen-bond acceptors (Lipinski definition) is 0. The van der Waals surface area contributed by atoms with Gasteiger partial charge < -0.3 is 0 Å². The second-order valence-electron chi connectivity index (χ2n) is 0.136. The van der Waals surface area contributed by atoms with Gasteiger partial charge in [-0.3, -0.25) is 0 Å². The standard InChI is InChI=1S/Cf.3HI/h;3*1H/q+3;;;/p-3. The minimum atomic E-state index is -0.530. The summed E-state index contributed by atoms with van der Waals surface area (Å²) < 4.78 is -0.530. The maximum absolute atomic E-state index is 2.50. The molecule has 0 fully saturated rings. The van der Waals surface area contributed by atoms with Crippen LogP contribution in [0.5, 0.6) is 0 Å². The molecule has 0 aromatic carbocycles. The van der Waals surface area contributed by atoms with Crippen LogP contribution in [-0.4, -0.2) is 0 Å². The third-order valence-electron chi connectivity index (χ3n) is 0. The molecule has 0 heterocycles. The molecule has 4 heavy (non-hydrogen) atoms. The molecule has 0 spiro atoms. The molecular weight excluding hydrogens is 632 g/mol. The van der Waals surface area contributed by atoms with Crippen molar-refractivity contribution in [3.63, 3.8) is 0 Å². The molecule has 0 amide bonds. The van der Waals surface area contributed by atoms with Crippen LogP contribution in [-0.2, 0) is 0 Å². The van der Waals surface area contributed by atoms with Gasteiger partial charge in [-0.25, -0.2) is 0 Å². The molecule has 0 aliphatic heterocycles. The van der Waals surface area contributed by atoms with Crippen molar-refractivity contribution in [1.82, 2.24) is 0 Å². The van der Waals surface area contributed by atoms with Gasteiger partial charge in [-0.1, -0.05) is 0 Å². The van der Waals surface area contributed by atoms with Gasteiger partial charge in [0.1, 0.15) is 0 Å². The quantitative estimate of drug-likeness (QED) is 0.361. The van der Waals surface area contributed by atoms with Crippen molar-refractivity contribution < 1.29 is 0 Å². The Hall–Kier alpha value is 1.19. The molecule has 0 saturated heterocycles. The van der Waals surface area contributed by atoms with E-state index in [0.29, 0.717) is 0 Å². The maximum atomic E-state index is 2.50. The van der Waals surface area contributed by atoms with Crippen molar-refractivity contribution in [2.24, 2.45) is 0 Å². The zero-order valence-electron chi connectivity index (χ0n) is 1.45. The van der Waals surface area contributed by atoms with Gasteiger partial charge in [-0.15, -0.1) is 0 Å². The van der Waals surface area contributed by atoms with Gasteiger partial charge in [0.25, 0.3) is 0 Å². The van der Waals surface area contributed by atoms with E-state index in [9.17, 15) is 0 Å². The predicted octanol–water partition coefficient (Wildman–Crippen LogP) is 2.66. The SMILES string of the molecule is [I][Cf]([I])[I]. The normalized spacial score (nSPS) is 6.75. The van der Waals surface area contributed by atoms with Crippen LogP contribution in [0.15, 0.2) is 0 Å². The van der Waals surface area contributed by atoms with Crippen LogP contribution in [0.2, 0.25) is 0 Å². The Balaban J connectivity index is 2.32. The Bertz CT molecular complexity index is 8.00. The molecule has 0 saturated carbocycles. The van der Waals surface area contributed by atoms with Crippen molar-refractivity contribution in [2.45, 2.75) is 0 Å². The van der Waals surface area contributed by atoms with Crippen molar-refractivity contribution >= 4 is 71.9 Å². The fourth-order valence-corrected chi connectivity index (χ4v) is 0. The molecule has 0 N–H and O–H groups in total. The van der Waals surface area contributed by atoms with E-state index in [1.807, 2.05) is 0 Å². The molecule has 4 heteroatoms. The Labute approximate surface area is 70.8 Å². The van der Waals surface area contributed by atoms with Crippen LogP contribution in [0.3, 0.4) is 0 Å². The van der Waals surface area contributed by atoms with Gasteiger partial charge in [0.15, 0.2) is 0 Å². The molecule has 0 aromatic rings. The molecule has 0 nitrogen and oxygen atoms in total. The summed E-state index contributed by atoms with van der Waals surface area (Å²) in [5.74, 6) is 0. The van der Waals surface area contributed by atoms with Gasteiger partial charge in [0.2, 0.25) is 0 Å². The van der Waals surface area contributed by atoms with Crippen LogP contribution >= 0.6 is 71.9 Å². The first-order chi connectivity index (χ1) is 1.73. The zero-order valence-corrected chi connectivity index (χ0v) is 10.6. The van der Waals surface area contributed by atoms with Crippen LogP contribution in [0.4, 0.5) is 0 Å². The van der Waals surface area contributed by atoms with E-state index in [1.54, 1.807) is 0 Å². The first-order valence-electron chi connectivity index (χ1n) is 0.359. The van der Waals surface area contributed by atoms with E-state index in [0.717, 1.165) is 0 Å². The third-order valence-corrected chi connectivity index (χ3v) is 0. The molecule has 0 aliphatic carbocycles. The Kier molecular flexibility index (Phi) is 3.15. The molecule has 0 radical (unpaired) electrons. The number of halogens is 3. The van der Waals surface area contributed by atoms with Gasteiger partial charge in [-0.2, -0.15) is 0 Å². The Morgan fingerprint density at radius 2 is 1.00 bits per heavy atom. The summed E-state index contributed by atoms with van der Waals surface area (Å²) in [6.45, 7) is 0. The Morgan fingerprint density at radius 1 is 1.00 bits per heavy atom. The van der Waals surface area contributed by atoms with E-state index < -0.39 is 0 Å². The summed E-state index contributed by atoms with van der Waals surface area (Å²) in [5.41, 5.74) is 0.